The first-order valence-electron chi connectivity index (χ1n) is 8.88. The van der Waals surface area contributed by atoms with Crippen LogP contribution in [-0.4, -0.2) is 30.1 Å². The van der Waals surface area contributed by atoms with E-state index < -0.39 is 17.6 Å². The Morgan fingerprint density at radius 2 is 1.90 bits per heavy atom. The van der Waals surface area contributed by atoms with E-state index in [1.54, 1.807) is 25.1 Å². The van der Waals surface area contributed by atoms with Crippen LogP contribution in [0.1, 0.15) is 12.5 Å². The zero-order valence-electron chi connectivity index (χ0n) is 15.8. The van der Waals surface area contributed by atoms with Gasteiger partial charge in [-0.2, -0.15) is 5.26 Å². The molecule has 2 aromatic rings. The van der Waals surface area contributed by atoms with Crippen molar-refractivity contribution < 1.29 is 23.5 Å². The molecule has 1 aliphatic rings. The normalized spacial score (nSPS) is 15.0. The number of nitriles is 1. The fraction of sp³-hybridized carbons (Fsp3) is 0.143. The van der Waals surface area contributed by atoms with Crippen molar-refractivity contribution in [2.45, 2.75) is 6.92 Å². The van der Waals surface area contributed by atoms with E-state index in [1.165, 1.54) is 30.3 Å². The Morgan fingerprint density at radius 3 is 2.57 bits per heavy atom. The minimum absolute atomic E-state index is 0.0935. The van der Waals surface area contributed by atoms with Crippen molar-refractivity contribution in [1.82, 2.24) is 5.32 Å². The van der Waals surface area contributed by atoms with E-state index in [4.69, 9.17) is 27.0 Å². The van der Waals surface area contributed by atoms with Gasteiger partial charge in [0.05, 0.1) is 12.3 Å². The fourth-order valence-corrected chi connectivity index (χ4v) is 3.04. The number of ether oxygens (including phenoxy) is 2. The molecule has 2 aromatic carbocycles. The molecule has 0 saturated carbocycles. The van der Waals surface area contributed by atoms with Gasteiger partial charge in [0.15, 0.2) is 23.2 Å². The molecule has 0 aromatic heterocycles. The van der Waals surface area contributed by atoms with E-state index in [0.29, 0.717) is 29.4 Å². The predicted octanol–water partition coefficient (Wildman–Crippen LogP) is 2.96. The second-order valence-corrected chi connectivity index (χ2v) is 6.41. The highest BCUT2D eigenvalue weighted by molar-refractivity contribution is 7.80. The summed E-state index contributed by atoms with van der Waals surface area (Å²) >= 11 is 5.12. The lowest BCUT2D eigenvalue weighted by molar-refractivity contribution is -0.122. The number of nitrogens with one attached hydrogen (secondary N) is 1. The molecule has 1 aliphatic heterocycles. The summed E-state index contributed by atoms with van der Waals surface area (Å²) in [5.74, 6) is -1.01. The van der Waals surface area contributed by atoms with E-state index in [0.717, 1.165) is 4.90 Å². The molecule has 3 rings (SSSR count). The van der Waals surface area contributed by atoms with Crippen molar-refractivity contribution in [1.29, 1.82) is 5.26 Å². The lowest BCUT2D eigenvalue weighted by Crippen LogP contribution is -2.54. The highest BCUT2D eigenvalue weighted by atomic mass is 32.1. The Labute approximate surface area is 177 Å². The van der Waals surface area contributed by atoms with Crippen LogP contribution in [-0.2, 0) is 9.59 Å². The molecule has 152 valence electrons. The van der Waals surface area contributed by atoms with E-state index >= 15 is 0 Å². The van der Waals surface area contributed by atoms with Crippen LogP contribution < -0.4 is 19.7 Å². The third-order valence-corrected chi connectivity index (χ3v) is 4.34. The van der Waals surface area contributed by atoms with Gasteiger partial charge >= 0.3 is 0 Å². The summed E-state index contributed by atoms with van der Waals surface area (Å²) in [4.78, 5) is 26.5. The van der Waals surface area contributed by atoms with Crippen LogP contribution in [0, 0.1) is 17.1 Å². The number of benzene rings is 2. The number of rotatable bonds is 6. The Balaban J connectivity index is 1.96. The molecule has 30 heavy (non-hydrogen) atoms. The average molecular weight is 425 g/mol. The van der Waals surface area contributed by atoms with Crippen molar-refractivity contribution >= 4 is 40.9 Å². The number of carbonyl (C=O) groups is 2. The summed E-state index contributed by atoms with van der Waals surface area (Å²) in [7, 11) is 0. The standard InChI is InChI=1S/C21H16FN3O4S/c1-2-28-18-12-13(3-8-17(18)29-10-9-23)11-16-19(26)24-21(30)25(20(16)27)15-6-4-14(22)5-7-15/h3-8,11-12H,2,10H2,1H3,(H,24,26,30)/b16-11-. The largest absolute Gasteiger partial charge is 0.490 e. The molecule has 7 nitrogen and oxygen atoms in total. The van der Waals surface area contributed by atoms with Gasteiger partial charge in [-0.05, 0) is 67.2 Å². The molecule has 1 heterocycles. The Hall–Kier alpha value is -3.77. The van der Waals surface area contributed by atoms with Gasteiger partial charge in [-0.15, -0.1) is 0 Å². The smallest absolute Gasteiger partial charge is 0.270 e. The molecule has 1 N–H and O–H groups in total. The lowest BCUT2D eigenvalue weighted by Gasteiger charge is -2.28. The summed E-state index contributed by atoms with van der Waals surface area (Å²) in [6.45, 7) is 2.00. The van der Waals surface area contributed by atoms with Gasteiger partial charge in [0, 0.05) is 0 Å². The summed E-state index contributed by atoms with van der Waals surface area (Å²) in [6.07, 6.45) is 1.40. The van der Waals surface area contributed by atoms with Gasteiger partial charge in [-0.3, -0.25) is 19.8 Å². The lowest BCUT2D eigenvalue weighted by atomic mass is 10.1. The van der Waals surface area contributed by atoms with Crippen LogP contribution in [0.4, 0.5) is 10.1 Å². The average Bonchev–Trinajstić information content (AvgIpc) is 2.72. The molecular formula is C21H16FN3O4S. The van der Waals surface area contributed by atoms with Crippen molar-refractivity contribution in [2.24, 2.45) is 0 Å². The number of anilines is 1. The molecule has 0 radical (unpaired) electrons. The molecule has 0 spiro atoms. The van der Waals surface area contributed by atoms with Crippen molar-refractivity contribution in [3.8, 4) is 17.6 Å². The second kappa shape index (κ2) is 9.15. The van der Waals surface area contributed by atoms with Gasteiger partial charge in [0.1, 0.15) is 17.5 Å². The maximum Gasteiger partial charge on any atom is 0.270 e. The van der Waals surface area contributed by atoms with Crippen LogP contribution in [0.25, 0.3) is 6.08 Å². The maximum absolute atomic E-state index is 13.2. The molecule has 0 aliphatic carbocycles. The van der Waals surface area contributed by atoms with Crippen LogP contribution in [0.3, 0.4) is 0 Å². The number of amides is 2. The number of carbonyl (C=O) groups excluding carboxylic acids is 2. The van der Waals surface area contributed by atoms with Crippen LogP contribution in [0.15, 0.2) is 48.0 Å². The quantitative estimate of drug-likeness (QED) is 0.435. The minimum Gasteiger partial charge on any atom is -0.490 e. The highest BCUT2D eigenvalue weighted by Crippen LogP contribution is 2.30. The fourth-order valence-electron chi connectivity index (χ4n) is 2.76. The van der Waals surface area contributed by atoms with Gasteiger partial charge < -0.3 is 9.47 Å². The summed E-state index contributed by atoms with van der Waals surface area (Å²) in [6, 6.07) is 11.9. The van der Waals surface area contributed by atoms with Crippen molar-refractivity contribution in [3.05, 3.63) is 59.4 Å². The monoisotopic (exact) mass is 425 g/mol. The SMILES string of the molecule is CCOc1cc(/C=C2/C(=O)NC(=S)N(c3ccc(F)cc3)C2=O)ccc1OCC#N. The highest BCUT2D eigenvalue weighted by Gasteiger charge is 2.34. The maximum atomic E-state index is 13.2. The first-order chi connectivity index (χ1) is 14.4. The van der Waals surface area contributed by atoms with Gasteiger partial charge in [0.2, 0.25) is 0 Å². The molecule has 2 amide bonds. The Bertz CT molecular complexity index is 1080. The van der Waals surface area contributed by atoms with Crippen molar-refractivity contribution in [2.75, 3.05) is 18.1 Å². The van der Waals surface area contributed by atoms with Gasteiger partial charge in [-0.1, -0.05) is 6.07 Å². The molecular weight excluding hydrogens is 409 g/mol. The molecule has 1 saturated heterocycles. The Kier molecular flexibility index (Phi) is 6.39. The number of hydrogen-bond donors (Lipinski definition) is 1. The number of thiocarbonyl (C=S) groups is 1. The minimum atomic E-state index is -0.647. The number of nitrogens with zero attached hydrogens (tertiary/aromatic N) is 2. The van der Waals surface area contributed by atoms with Gasteiger partial charge in [0.25, 0.3) is 11.8 Å². The molecule has 0 bridgehead atoms. The first kappa shape index (κ1) is 21.0. The van der Waals surface area contributed by atoms with Crippen molar-refractivity contribution in [3.63, 3.8) is 0 Å². The van der Waals surface area contributed by atoms with Crippen LogP contribution in [0.2, 0.25) is 0 Å². The second-order valence-electron chi connectivity index (χ2n) is 6.02. The number of hydrogen-bond acceptors (Lipinski definition) is 6. The van der Waals surface area contributed by atoms with Gasteiger partial charge in [-0.25, -0.2) is 4.39 Å². The molecule has 0 unspecified atom stereocenters. The van der Waals surface area contributed by atoms with E-state index in [-0.39, 0.29) is 17.3 Å². The first-order valence-corrected chi connectivity index (χ1v) is 9.29. The Morgan fingerprint density at radius 1 is 1.17 bits per heavy atom. The summed E-state index contributed by atoms with van der Waals surface area (Å²) in [5.41, 5.74) is 0.682. The third-order valence-electron chi connectivity index (χ3n) is 4.06. The number of halogens is 1. The molecule has 9 heteroatoms. The summed E-state index contributed by atoms with van der Waals surface area (Å²) in [5, 5.41) is 11.1. The van der Waals surface area contributed by atoms with Crippen LogP contribution >= 0.6 is 12.2 Å². The topological polar surface area (TPSA) is 91.7 Å². The predicted molar refractivity (Wildman–Crippen MR) is 111 cm³/mol. The molecule has 0 atom stereocenters. The van der Waals surface area contributed by atoms with E-state index in [1.807, 2.05) is 6.07 Å². The van der Waals surface area contributed by atoms with Crippen LogP contribution in [0.5, 0.6) is 11.5 Å². The van der Waals surface area contributed by atoms with E-state index in [9.17, 15) is 14.0 Å². The van der Waals surface area contributed by atoms with E-state index in [2.05, 4.69) is 5.32 Å². The molecule has 1 fully saturated rings. The third kappa shape index (κ3) is 4.45. The summed E-state index contributed by atoms with van der Waals surface area (Å²) < 4.78 is 24.1. The zero-order chi connectivity index (χ0) is 21.7. The zero-order valence-corrected chi connectivity index (χ0v) is 16.7.